The second kappa shape index (κ2) is 6.84. The summed E-state index contributed by atoms with van der Waals surface area (Å²) < 4.78 is 33.1. The Morgan fingerprint density at radius 1 is 1.32 bits per heavy atom. The number of allylic oxidation sites excluding steroid dienone is 1. The van der Waals surface area contributed by atoms with Gasteiger partial charge in [-0.1, -0.05) is 25.1 Å². The number of esters is 1. The largest absolute Gasteiger partial charge is 0.461 e. The summed E-state index contributed by atoms with van der Waals surface area (Å²) >= 11 is 0. The zero-order valence-electron chi connectivity index (χ0n) is 13.7. The molecule has 6 nitrogen and oxygen atoms in total. The minimum atomic E-state index is -3.19. The van der Waals surface area contributed by atoms with Crippen molar-refractivity contribution in [2.75, 3.05) is 5.75 Å². The predicted octanol–water partition coefficient (Wildman–Crippen LogP) is 2.35. The van der Waals surface area contributed by atoms with Crippen molar-refractivity contribution in [2.45, 2.75) is 26.4 Å². The molecule has 1 atom stereocenters. The van der Waals surface area contributed by atoms with Gasteiger partial charge in [0, 0.05) is 28.3 Å². The zero-order valence-corrected chi connectivity index (χ0v) is 14.5. The normalized spacial score (nSPS) is 18.5. The molecule has 0 N–H and O–H groups in total. The first-order valence-electron chi connectivity index (χ1n) is 7.98. The summed E-state index contributed by atoms with van der Waals surface area (Å²) in [6, 6.07) is 6.88. The van der Waals surface area contributed by atoms with E-state index in [-0.39, 0.29) is 24.7 Å². The van der Waals surface area contributed by atoms with Crippen molar-refractivity contribution in [2.24, 2.45) is 5.92 Å². The minimum absolute atomic E-state index is 0.00487. The van der Waals surface area contributed by atoms with Gasteiger partial charge in [0.15, 0.2) is 9.84 Å². The van der Waals surface area contributed by atoms with Gasteiger partial charge >= 0.3 is 11.6 Å². The molecule has 0 bridgehead atoms. The molecule has 0 radical (unpaired) electrons. The quantitative estimate of drug-likeness (QED) is 0.599. The highest BCUT2D eigenvalue weighted by molar-refractivity contribution is 7.94. The van der Waals surface area contributed by atoms with E-state index in [0.717, 1.165) is 17.4 Å². The molecule has 0 saturated carbocycles. The van der Waals surface area contributed by atoms with Crippen LogP contribution in [0.2, 0.25) is 0 Å². The van der Waals surface area contributed by atoms with Crippen molar-refractivity contribution < 1.29 is 22.4 Å². The molecular weight excluding hydrogens is 344 g/mol. The van der Waals surface area contributed by atoms with Crippen molar-refractivity contribution >= 4 is 26.8 Å². The van der Waals surface area contributed by atoms with E-state index in [0.29, 0.717) is 16.5 Å². The first-order valence-corrected chi connectivity index (χ1v) is 9.70. The Hall–Kier alpha value is -2.41. The van der Waals surface area contributed by atoms with Crippen LogP contribution in [0.5, 0.6) is 0 Å². The molecule has 132 valence electrons. The molecule has 0 unspecified atom stereocenters. The van der Waals surface area contributed by atoms with Gasteiger partial charge in [-0.2, -0.15) is 0 Å². The maximum atomic E-state index is 12.0. The molecule has 25 heavy (non-hydrogen) atoms. The molecule has 1 aromatic heterocycles. The van der Waals surface area contributed by atoms with Crippen LogP contribution in [0, 0.1) is 5.92 Å². The molecule has 0 spiro atoms. The maximum absolute atomic E-state index is 12.0. The van der Waals surface area contributed by atoms with Crippen LogP contribution in [0.4, 0.5) is 0 Å². The average molecular weight is 362 g/mol. The lowest BCUT2D eigenvalue weighted by Crippen LogP contribution is -2.14. The van der Waals surface area contributed by atoms with Crippen LogP contribution in [0.3, 0.4) is 0 Å². The molecule has 0 amide bonds. The highest BCUT2D eigenvalue weighted by Crippen LogP contribution is 2.21. The van der Waals surface area contributed by atoms with E-state index in [2.05, 4.69) is 0 Å². The fourth-order valence-corrected chi connectivity index (χ4v) is 4.21. The van der Waals surface area contributed by atoms with Crippen molar-refractivity contribution in [1.29, 1.82) is 0 Å². The third-order valence-corrected chi connectivity index (χ3v) is 5.59. The molecule has 2 aromatic rings. The number of rotatable bonds is 5. The first kappa shape index (κ1) is 17.4. The van der Waals surface area contributed by atoms with Crippen LogP contribution in [-0.4, -0.2) is 20.1 Å². The Balaban J connectivity index is 1.71. The lowest BCUT2D eigenvalue weighted by Gasteiger charge is -2.09. The number of benzene rings is 1. The number of hydrogen-bond acceptors (Lipinski definition) is 6. The fourth-order valence-electron chi connectivity index (χ4n) is 2.81. The van der Waals surface area contributed by atoms with Gasteiger partial charge in [-0.15, -0.1) is 0 Å². The van der Waals surface area contributed by atoms with E-state index in [4.69, 9.17) is 9.15 Å². The van der Waals surface area contributed by atoms with E-state index in [1.165, 1.54) is 12.1 Å². The fraction of sp³-hybridized carbons (Fsp3) is 0.333. The minimum Gasteiger partial charge on any atom is -0.461 e. The summed E-state index contributed by atoms with van der Waals surface area (Å²) in [6.07, 6.45) is 2.32. The van der Waals surface area contributed by atoms with E-state index >= 15 is 0 Å². The van der Waals surface area contributed by atoms with Gasteiger partial charge in [-0.25, -0.2) is 13.2 Å². The molecule has 2 heterocycles. The number of ether oxygens (including phenoxy) is 1. The number of fused-ring (bicyclic) bond motifs is 1. The Labute approximate surface area is 145 Å². The summed E-state index contributed by atoms with van der Waals surface area (Å²) in [5, 5.41) is 1.85. The highest BCUT2D eigenvalue weighted by Gasteiger charge is 2.24. The van der Waals surface area contributed by atoms with Gasteiger partial charge in [0.1, 0.15) is 12.2 Å². The summed E-state index contributed by atoms with van der Waals surface area (Å²) in [5.74, 6) is -0.930. The SMILES string of the molecule is CCc1ccc2c(COC(=O)C[C@@H]3C=CS(=O)(=O)C3)cc(=O)oc2c1. The van der Waals surface area contributed by atoms with Gasteiger partial charge in [0.05, 0.1) is 12.2 Å². The smallest absolute Gasteiger partial charge is 0.336 e. The summed E-state index contributed by atoms with van der Waals surface area (Å²) in [7, 11) is -3.19. The number of hydrogen-bond donors (Lipinski definition) is 0. The number of sulfone groups is 1. The van der Waals surface area contributed by atoms with Crippen molar-refractivity contribution in [3.05, 3.63) is 57.3 Å². The summed E-state index contributed by atoms with van der Waals surface area (Å²) in [6.45, 7) is 1.94. The van der Waals surface area contributed by atoms with Gasteiger partial charge < -0.3 is 9.15 Å². The molecule has 1 aromatic carbocycles. The second-order valence-electron chi connectivity index (χ2n) is 6.06. The van der Waals surface area contributed by atoms with Crippen LogP contribution < -0.4 is 5.63 Å². The molecule has 0 saturated heterocycles. The predicted molar refractivity (Wildman–Crippen MR) is 92.7 cm³/mol. The van der Waals surface area contributed by atoms with Gasteiger partial charge in [0.2, 0.25) is 0 Å². The Morgan fingerprint density at radius 2 is 2.12 bits per heavy atom. The highest BCUT2D eigenvalue weighted by atomic mass is 32.2. The molecule has 0 aliphatic carbocycles. The monoisotopic (exact) mass is 362 g/mol. The third-order valence-electron chi connectivity index (χ3n) is 4.12. The Kier molecular flexibility index (Phi) is 4.76. The lowest BCUT2D eigenvalue weighted by atomic mass is 10.1. The Bertz CT molecular complexity index is 1000. The molecule has 0 fully saturated rings. The average Bonchev–Trinajstić information content (AvgIpc) is 2.90. The van der Waals surface area contributed by atoms with Crippen molar-refractivity contribution in [1.82, 2.24) is 0 Å². The molecule has 1 aliphatic heterocycles. The molecule has 7 heteroatoms. The lowest BCUT2D eigenvalue weighted by molar-refractivity contribution is -0.145. The van der Waals surface area contributed by atoms with E-state index in [1.807, 2.05) is 19.1 Å². The van der Waals surface area contributed by atoms with Crippen molar-refractivity contribution in [3.63, 3.8) is 0 Å². The molecular formula is C18H18O6S. The van der Waals surface area contributed by atoms with Crippen molar-refractivity contribution in [3.8, 4) is 0 Å². The van der Waals surface area contributed by atoms with E-state index < -0.39 is 21.4 Å². The zero-order chi connectivity index (χ0) is 18.0. The standard InChI is InChI=1S/C18H18O6S/c1-2-12-3-4-15-14(9-18(20)24-16(15)7-12)10-23-17(19)8-13-5-6-25(21,22)11-13/h3-7,9,13H,2,8,10-11H2,1H3/t13-/m0/s1. The Morgan fingerprint density at radius 3 is 2.80 bits per heavy atom. The second-order valence-corrected chi connectivity index (χ2v) is 7.99. The van der Waals surface area contributed by atoms with Gasteiger partial charge in [-0.3, -0.25) is 4.79 Å². The maximum Gasteiger partial charge on any atom is 0.336 e. The number of carbonyl (C=O) groups excluding carboxylic acids is 1. The van der Waals surface area contributed by atoms with E-state index in [9.17, 15) is 18.0 Å². The topological polar surface area (TPSA) is 90.7 Å². The van der Waals surface area contributed by atoms with Crippen LogP contribution in [-0.2, 0) is 32.4 Å². The summed E-state index contributed by atoms with van der Waals surface area (Å²) in [4.78, 5) is 23.7. The van der Waals surface area contributed by atoms with Crippen LogP contribution >= 0.6 is 0 Å². The summed E-state index contributed by atoms with van der Waals surface area (Å²) in [5.41, 5.74) is 1.57. The van der Waals surface area contributed by atoms with Crippen LogP contribution in [0.1, 0.15) is 24.5 Å². The number of aryl methyl sites for hydroxylation is 1. The van der Waals surface area contributed by atoms with E-state index in [1.54, 1.807) is 6.07 Å². The molecule has 1 aliphatic rings. The first-order chi connectivity index (χ1) is 11.9. The van der Waals surface area contributed by atoms with Gasteiger partial charge in [-0.05, 0) is 18.1 Å². The number of carbonyl (C=O) groups is 1. The third kappa shape index (κ3) is 4.17. The van der Waals surface area contributed by atoms with Crippen LogP contribution in [0.15, 0.2) is 45.0 Å². The van der Waals surface area contributed by atoms with Gasteiger partial charge in [0.25, 0.3) is 0 Å². The molecule has 3 rings (SSSR count). The van der Waals surface area contributed by atoms with Crippen LogP contribution in [0.25, 0.3) is 11.0 Å².